The van der Waals surface area contributed by atoms with E-state index in [4.69, 9.17) is 15.3 Å². The molecule has 0 aliphatic carbocycles. The van der Waals surface area contributed by atoms with Crippen LogP contribution in [0.3, 0.4) is 0 Å². The maximum absolute atomic E-state index is 8.80. The van der Waals surface area contributed by atoms with Gasteiger partial charge in [0.15, 0.2) is 0 Å². The highest BCUT2D eigenvalue weighted by molar-refractivity contribution is 5.28. The second kappa shape index (κ2) is 6.23. The molecule has 0 saturated heterocycles. The van der Waals surface area contributed by atoms with E-state index in [1.807, 2.05) is 30.3 Å². The van der Waals surface area contributed by atoms with Crippen LogP contribution in [0.4, 0.5) is 0 Å². The molecule has 0 spiro atoms. The molecule has 0 amide bonds. The van der Waals surface area contributed by atoms with E-state index in [-0.39, 0.29) is 0 Å². The highest BCUT2D eigenvalue weighted by Crippen LogP contribution is 2.12. The Bertz CT molecular complexity index is 616. The molecule has 0 radical (unpaired) electrons. The van der Waals surface area contributed by atoms with Gasteiger partial charge in [-0.1, -0.05) is 12.1 Å². The number of aromatic nitrogens is 2. The summed E-state index contributed by atoms with van der Waals surface area (Å²) in [5.74, 6) is 1.13. The van der Waals surface area contributed by atoms with Crippen molar-refractivity contribution in [3.05, 3.63) is 48.0 Å². The second-order valence-electron chi connectivity index (χ2n) is 3.88. The Balaban J connectivity index is 1.86. The molecule has 0 saturated carbocycles. The SMILES string of the molecule is N#CCc1ccc(OCCn2ccnc2C#N)cc1. The summed E-state index contributed by atoms with van der Waals surface area (Å²) < 4.78 is 7.31. The third-order valence-corrected chi connectivity index (χ3v) is 2.62. The topological polar surface area (TPSA) is 74.6 Å². The smallest absolute Gasteiger partial charge is 0.212 e. The highest BCUT2D eigenvalue weighted by Gasteiger charge is 2.01. The van der Waals surface area contributed by atoms with Gasteiger partial charge in [0, 0.05) is 12.4 Å². The van der Waals surface area contributed by atoms with Crippen LogP contribution in [0.5, 0.6) is 5.75 Å². The molecular weight excluding hydrogens is 240 g/mol. The minimum atomic E-state index is 0.382. The molecular formula is C14H12N4O. The molecule has 0 N–H and O–H groups in total. The maximum atomic E-state index is 8.80. The van der Waals surface area contributed by atoms with Crippen molar-refractivity contribution in [2.24, 2.45) is 0 Å². The number of nitriles is 2. The van der Waals surface area contributed by atoms with E-state index in [9.17, 15) is 0 Å². The molecule has 0 fully saturated rings. The number of hydrogen-bond donors (Lipinski definition) is 0. The Morgan fingerprint density at radius 1 is 1.21 bits per heavy atom. The van der Waals surface area contributed by atoms with E-state index in [2.05, 4.69) is 11.1 Å². The number of imidazole rings is 1. The van der Waals surface area contributed by atoms with Crippen molar-refractivity contribution in [2.45, 2.75) is 13.0 Å². The van der Waals surface area contributed by atoms with Crippen molar-refractivity contribution in [3.8, 4) is 17.9 Å². The Morgan fingerprint density at radius 2 is 2.00 bits per heavy atom. The first-order chi connectivity index (χ1) is 9.33. The average molecular weight is 252 g/mol. The number of nitrogens with zero attached hydrogens (tertiary/aromatic N) is 4. The van der Waals surface area contributed by atoms with Gasteiger partial charge in [-0.3, -0.25) is 0 Å². The molecule has 1 heterocycles. The molecule has 0 unspecified atom stereocenters. The fraction of sp³-hybridized carbons (Fsp3) is 0.214. The van der Waals surface area contributed by atoms with Crippen molar-refractivity contribution < 1.29 is 4.74 Å². The number of hydrogen-bond acceptors (Lipinski definition) is 4. The van der Waals surface area contributed by atoms with Crippen LogP contribution in [0, 0.1) is 22.7 Å². The summed E-state index contributed by atoms with van der Waals surface area (Å²) in [6.45, 7) is 1.03. The molecule has 0 atom stereocenters. The molecule has 2 aromatic rings. The molecule has 5 nitrogen and oxygen atoms in total. The normalized spacial score (nSPS) is 9.58. The van der Waals surface area contributed by atoms with Crippen LogP contribution in [-0.4, -0.2) is 16.2 Å². The monoisotopic (exact) mass is 252 g/mol. The summed E-state index contributed by atoms with van der Waals surface area (Å²) in [6.07, 6.45) is 3.74. The summed E-state index contributed by atoms with van der Waals surface area (Å²) >= 11 is 0. The molecule has 0 aliphatic heterocycles. The quantitative estimate of drug-likeness (QED) is 0.814. The molecule has 5 heteroatoms. The fourth-order valence-electron chi connectivity index (χ4n) is 1.66. The van der Waals surface area contributed by atoms with Gasteiger partial charge in [-0.15, -0.1) is 0 Å². The van der Waals surface area contributed by atoms with Gasteiger partial charge in [0.1, 0.15) is 18.4 Å². The van der Waals surface area contributed by atoms with E-state index >= 15 is 0 Å². The third-order valence-electron chi connectivity index (χ3n) is 2.62. The average Bonchev–Trinajstić information content (AvgIpc) is 2.88. The molecule has 0 aliphatic rings. The minimum absolute atomic E-state index is 0.382. The van der Waals surface area contributed by atoms with Crippen molar-refractivity contribution in [3.63, 3.8) is 0 Å². The van der Waals surface area contributed by atoms with Crippen LogP contribution in [0.15, 0.2) is 36.7 Å². The lowest BCUT2D eigenvalue weighted by molar-refractivity contribution is 0.297. The maximum Gasteiger partial charge on any atom is 0.212 e. The first-order valence-electron chi connectivity index (χ1n) is 5.83. The number of rotatable bonds is 5. The number of ether oxygens (including phenoxy) is 1. The fourth-order valence-corrected chi connectivity index (χ4v) is 1.66. The Labute approximate surface area is 111 Å². The van der Waals surface area contributed by atoms with Crippen LogP contribution in [0.2, 0.25) is 0 Å². The Kier molecular flexibility index (Phi) is 4.15. The van der Waals surface area contributed by atoms with E-state index < -0.39 is 0 Å². The second-order valence-corrected chi connectivity index (χ2v) is 3.88. The largest absolute Gasteiger partial charge is 0.492 e. The van der Waals surface area contributed by atoms with Gasteiger partial charge in [-0.25, -0.2) is 4.98 Å². The van der Waals surface area contributed by atoms with Crippen molar-refractivity contribution in [1.29, 1.82) is 10.5 Å². The van der Waals surface area contributed by atoms with Gasteiger partial charge < -0.3 is 9.30 Å². The minimum Gasteiger partial charge on any atom is -0.492 e. The van der Waals surface area contributed by atoms with E-state index in [0.717, 1.165) is 11.3 Å². The van der Waals surface area contributed by atoms with E-state index in [0.29, 0.717) is 25.4 Å². The zero-order chi connectivity index (χ0) is 13.5. The summed E-state index contributed by atoms with van der Waals surface area (Å²) in [5.41, 5.74) is 0.969. The van der Waals surface area contributed by atoms with Gasteiger partial charge in [0.2, 0.25) is 5.82 Å². The van der Waals surface area contributed by atoms with Crippen molar-refractivity contribution in [2.75, 3.05) is 6.61 Å². The molecule has 0 bridgehead atoms. The molecule has 19 heavy (non-hydrogen) atoms. The molecule has 2 rings (SSSR count). The molecule has 94 valence electrons. The summed E-state index contributed by atoms with van der Waals surface area (Å²) in [4.78, 5) is 3.91. The van der Waals surface area contributed by atoms with E-state index in [1.54, 1.807) is 17.0 Å². The highest BCUT2D eigenvalue weighted by atomic mass is 16.5. The van der Waals surface area contributed by atoms with Gasteiger partial charge in [-0.2, -0.15) is 10.5 Å². The van der Waals surface area contributed by atoms with Gasteiger partial charge in [0.25, 0.3) is 0 Å². The van der Waals surface area contributed by atoms with Gasteiger partial charge in [0.05, 0.1) is 19.0 Å². The first-order valence-corrected chi connectivity index (χ1v) is 5.83. The lowest BCUT2D eigenvalue weighted by Gasteiger charge is -2.07. The van der Waals surface area contributed by atoms with Crippen LogP contribution in [0.25, 0.3) is 0 Å². The number of benzene rings is 1. The lowest BCUT2D eigenvalue weighted by Crippen LogP contribution is -2.09. The van der Waals surface area contributed by atoms with E-state index in [1.165, 1.54) is 0 Å². The predicted molar refractivity (Wildman–Crippen MR) is 68.2 cm³/mol. The lowest BCUT2D eigenvalue weighted by atomic mass is 10.2. The first kappa shape index (κ1) is 12.7. The summed E-state index contributed by atoms with van der Waals surface area (Å²) in [5, 5.41) is 17.4. The van der Waals surface area contributed by atoms with Crippen molar-refractivity contribution >= 4 is 0 Å². The zero-order valence-electron chi connectivity index (χ0n) is 10.3. The third kappa shape index (κ3) is 3.34. The standard InChI is InChI=1S/C14H12N4O/c15-6-5-12-1-3-13(4-2-12)19-10-9-18-8-7-17-14(18)11-16/h1-4,7-8H,5,9-10H2. The molecule has 1 aromatic carbocycles. The van der Waals surface area contributed by atoms with Crippen LogP contribution < -0.4 is 4.74 Å². The zero-order valence-corrected chi connectivity index (χ0v) is 10.3. The summed E-state index contributed by atoms with van der Waals surface area (Å²) in [7, 11) is 0. The van der Waals surface area contributed by atoms with Crippen molar-refractivity contribution in [1.82, 2.24) is 9.55 Å². The Hall–Kier alpha value is -2.79. The van der Waals surface area contributed by atoms with Crippen LogP contribution in [-0.2, 0) is 13.0 Å². The van der Waals surface area contributed by atoms with Crippen LogP contribution >= 0.6 is 0 Å². The van der Waals surface area contributed by atoms with Gasteiger partial charge in [-0.05, 0) is 17.7 Å². The summed E-state index contributed by atoms with van der Waals surface area (Å²) in [6, 6.07) is 11.5. The molecule has 1 aromatic heterocycles. The Morgan fingerprint density at radius 3 is 2.68 bits per heavy atom. The van der Waals surface area contributed by atoms with Gasteiger partial charge >= 0.3 is 0 Å². The predicted octanol–water partition coefficient (Wildman–Crippen LogP) is 1.90. The van der Waals surface area contributed by atoms with Crippen LogP contribution in [0.1, 0.15) is 11.4 Å².